The normalized spacial score (nSPS) is 22.9. The molecule has 10 heteroatoms. The van der Waals surface area contributed by atoms with Crippen LogP contribution in [0, 0.1) is 11.8 Å². The lowest BCUT2D eigenvalue weighted by atomic mass is 9.85. The van der Waals surface area contributed by atoms with Crippen LogP contribution in [0.25, 0.3) is 0 Å². The first kappa shape index (κ1) is 17.2. The molecule has 0 aliphatic carbocycles. The molecule has 3 N–H and O–H groups in total. The Hall–Kier alpha value is -1.84. The summed E-state index contributed by atoms with van der Waals surface area (Å²) < 4.78 is 35.8. The maximum atomic E-state index is 11.9. The molecular formula is C11H15F3N2O5. The SMILES string of the molecule is O=C(O)C1CCN(C(=O)CNCC(F)(F)F)CC1C(=O)O. The third-order valence-corrected chi connectivity index (χ3v) is 3.20. The van der Waals surface area contributed by atoms with Crippen LogP contribution in [-0.4, -0.2) is 65.3 Å². The van der Waals surface area contributed by atoms with Gasteiger partial charge in [-0.25, -0.2) is 0 Å². The minimum absolute atomic E-state index is 0.00722. The molecule has 21 heavy (non-hydrogen) atoms. The van der Waals surface area contributed by atoms with E-state index in [0.29, 0.717) is 0 Å². The van der Waals surface area contributed by atoms with Gasteiger partial charge in [-0.05, 0) is 6.42 Å². The first-order valence-electron chi connectivity index (χ1n) is 6.12. The lowest BCUT2D eigenvalue weighted by molar-refractivity contribution is -0.159. The van der Waals surface area contributed by atoms with Gasteiger partial charge < -0.3 is 20.4 Å². The lowest BCUT2D eigenvalue weighted by Crippen LogP contribution is -2.51. The number of carboxylic acids is 2. The van der Waals surface area contributed by atoms with Crippen LogP contribution < -0.4 is 5.32 Å². The van der Waals surface area contributed by atoms with Crippen LogP contribution in [0.15, 0.2) is 0 Å². The van der Waals surface area contributed by atoms with Gasteiger partial charge in [0.15, 0.2) is 0 Å². The summed E-state index contributed by atoms with van der Waals surface area (Å²) in [6.45, 7) is -2.22. The first-order valence-corrected chi connectivity index (χ1v) is 6.12. The molecule has 7 nitrogen and oxygen atoms in total. The highest BCUT2D eigenvalue weighted by atomic mass is 19.4. The fourth-order valence-corrected chi connectivity index (χ4v) is 2.15. The number of likely N-dealkylation sites (tertiary alicyclic amines) is 1. The summed E-state index contributed by atoms with van der Waals surface area (Å²) in [6.07, 6.45) is -4.49. The summed E-state index contributed by atoms with van der Waals surface area (Å²) in [5.74, 6) is -5.65. The molecule has 0 aromatic heterocycles. The van der Waals surface area contributed by atoms with Crippen molar-refractivity contribution in [3.63, 3.8) is 0 Å². The number of hydrogen-bond acceptors (Lipinski definition) is 4. The van der Waals surface area contributed by atoms with E-state index in [0.717, 1.165) is 4.90 Å². The maximum absolute atomic E-state index is 11.9. The third kappa shape index (κ3) is 5.21. The average Bonchev–Trinajstić information content (AvgIpc) is 2.36. The smallest absolute Gasteiger partial charge is 0.401 e. The number of rotatable bonds is 5. The van der Waals surface area contributed by atoms with Crippen molar-refractivity contribution < 1.29 is 37.8 Å². The Morgan fingerprint density at radius 3 is 2.19 bits per heavy atom. The summed E-state index contributed by atoms with van der Waals surface area (Å²) in [6, 6.07) is 0. The highest BCUT2D eigenvalue weighted by Gasteiger charge is 2.40. The quantitative estimate of drug-likeness (QED) is 0.647. The van der Waals surface area contributed by atoms with Gasteiger partial charge in [0, 0.05) is 13.1 Å². The lowest BCUT2D eigenvalue weighted by Gasteiger charge is -2.34. The highest BCUT2D eigenvalue weighted by Crippen LogP contribution is 2.24. The topological polar surface area (TPSA) is 107 Å². The number of hydrogen-bond donors (Lipinski definition) is 3. The number of piperidine rings is 1. The summed E-state index contributed by atoms with van der Waals surface area (Å²) >= 11 is 0. The van der Waals surface area contributed by atoms with Crippen molar-refractivity contribution in [1.82, 2.24) is 10.2 Å². The van der Waals surface area contributed by atoms with E-state index in [-0.39, 0.29) is 19.5 Å². The number of nitrogens with zero attached hydrogens (tertiary/aromatic N) is 1. The molecule has 1 heterocycles. The standard InChI is InChI=1S/C11H15F3N2O5/c12-11(13,14)5-15-3-8(17)16-2-1-6(9(18)19)7(4-16)10(20)21/h6-7,15H,1-5H2,(H,18,19)(H,20,21). The van der Waals surface area contributed by atoms with Gasteiger partial charge in [-0.15, -0.1) is 0 Å². The van der Waals surface area contributed by atoms with E-state index in [1.807, 2.05) is 5.32 Å². The van der Waals surface area contributed by atoms with Crippen molar-refractivity contribution in [2.24, 2.45) is 11.8 Å². The number of carbonyl (C=O) groups is 3. The number of amides is 1. The van der Waals surface area contributed by atoms with E-state index in [9.17, 15) is 27.6 Å². The number of aliphatic carboxylic acids is 2. The van der Waals surface area contributed by atoms with E-state index in [1.165, 1.54) is 0 Å². The molecule has 1 aliphatic heterocycles. The molecule has 2 unspecified atom stereocenters. The third-order valence-electron chi connectivity index (χ3n) is 3.20. The minimum atomic E-state index is -4.44. The monoisotopic (exact) mass is 312 g/mol. The van der Waals surface area contributed by atoms with Crippen LogP contribution in [-0.2, 0) is 14.4 Å². The van der Waals surface area contributed by atoms with E-state index >= 15 is 0 Å². The van der Waals surface area contributed by atoms with Crippen LogP contribution in [0.5, 0.6) is 0 Å². The largest absolute Gasteiger partial charge is 0.481 e. The fraction of sp³-hybridized carbons (Fsp3) is 0.727. The number of nitrogens with one attached hydrogen (secondary N) is 1. The second-order valence-electron chi connectivity index (χ2n) is 4.74. The molecule has 0 aromatic carbocycles. The van der Waals surface area contributed by atoms with E-state index in [1.54, 1.807) is 0 Å². The zero-order valence-corrected chi connectivity index (χ0v) is 10.9. The summed E-state index contributed by atoms with van der Waals surface area (Å²) in [4.78, 5) is 34.7. The van der Waals surface area contributed by atoms with Gasteiger partial charge >= 0.3 is 18.1 Å². The molecular weight excluding hydrogens is 297 g/mol. The van der Waals surface area contributed by atoms with Crippen molar-refractivity contribution in [1.29, 1.82) is 0 Å². The summed E-state index contributed by atoms with van der Waals surface area (Å²) in [5, 5.41) is 19.8. The van der Waals surface area contributed by atoms with Crippen molar-refractivity contribution in [3.05, 3.63) is 0 Å². The Morgan fingerprint density at radius 1 is 1.14 bits per heavy atom. The molecule has 2 atom stereocenters. The Labute approximate surface area is 117 Å². The van der Waals surface area contributed by atoms with Crippen molar-refractivity contribution >= 4 is 17.8 Å². The van der Waals surface area contributed by atoms with Crippen molar-refractivity contribution in [2.75, 3.05) is 26.2 Å². The molecule has 1 aliphatic rings. The van der Waals surface area contributed by atoms with E-state index in [2.05, 4.69) is 0 Å². The molecule has 0 spiro atoms. The maximum Gasteiger partial charge on any atom is 0.401 e. The first-order chi connectivity index (χ1) is 9.61. The van der Waals surface area contributed by atoms with Crippen LogP contribution in [0.4, 0.5) is 13.2 Å². The van der Waals surface area contributed by atoms with Gasteiger partial charge in [0.25, 0.3) is 0 Å². The summed E-state index contributed by atoms with van der Waals surface area (Å²) in [7, 11) is 0. The van der Waals surface area contributed by atoms with E-state index < -0.39 is 48.9 Å². The molecule has 0 aromatic rings. The van der Waals surface area contributed by atoms with Crippen LogP contribution in [0.2, 0.25) is 0 Å². The second-order valence-corrected chi connectivity index (χ2v) is 4.74. The van der Waals surface area contributed by atoms with Crippen molar-refractivity contribution in [3.8, 4) is 0 Å². The van der Waals surface area contributed by atoms with Crippen LogP contribution in [0.3, 0.4) is 0 Å². The van der Waals surface area contributed by atoms with Gasteiger partial charge in [-0.1, -0.05) is 0 Å². The van der Waals surface area contributed by atoms with E-state index in [4.69, 9.17) is 10.2 Å². The van der Waals surface area contributed by atoms with Crippen molar-refractivity contribution in [2.45, 2.75) is 12.6 Å². The molecule has 0 radical (unpaired) electrons. The number of carboxylic acid groups (broad SMARTS) is 2. The predicted molar refractivity (Wildman–Crippen MR) is 62.4 cm³/mol. The Morgan fingerprint density at radius 2 is 1.71 bits per heavy atom. The number of carbonyl (C=O) groups excluding carboxylic acids is 1. The zero-order chi connectivity index (χ0) is 16.2. The molecule has 1 saturated heterocycles. The fourth-order valence-electron chi connectivity index (χ4n) is 2.15. The predicted octanol–water partition coefficient (Wildman–Crippen LogP) is -0.228. The van der Waals surface area contributed by atoms with Crippen LogP contribution in [0.1, 0.15) is 6.42 Å². The van der Waals surface area contributed by atoms with Gasteiger partial charge in [0.1, 0.15) is 0 Å². The Kier molecular flexibility index (Phi) is 5.53. The average molecular weight is 312 g/mol. The highest BCUT2D eigenvalue weighted by molar-refractivity contribution is 5.83. The molecule has 1 amide bonds. The van der Waals surface area contributed by atoms with Gasteiger partial charge in [-0.2, -0.15) is 13.2 Å². The van der Waals surface area contributed by atoms with Gasteiger partial charge in [0.2, 0.25) is 5.91 Å². The van der Waals surface area contributed by atoms with Gasteiger partial charge in [0.05, 0.1) is 24.9 Å². The van der Waals surface area contributed by atoms with Gasteiger partial charge in [-0.3, -0.25) is 14.4 Å². The Balaban J connectivity index is 2.55. The molecule has 1 rings (SSSR count). The number of halogens is 3. The second kappa shape index (κ2) is 6.74. The number of alkyl halides is 3. The molecule has 0 saturated carbocycles. The zero-order valence-electron chi connectivity index (χ0n) is 10.9. The van der Waals surface area contributed by atoms with Crippen LogP contribution >= 0.6 is 0 Å². The summed E-state index contributed by atoms with van der Waals surface area (Å²) in [5.41, 5.74) is 0. The molecule has 120 valence electrons. The Bertz CT molecular complexity index is 427. The minimum Gasteiger partial charge on any atom is -0.481 e. The molecule has 1 fully saturated rings. The molecule has 0 bridgehead atoms.